The molecule has 1 saturated carbocycles. The number of nitrogens with two attached hydrogens (primary N) is 1. The van der Waals surface area contributed by atoms with Crippen molar-refractivity contribution in [3.63, 3.8) is 0 Å². The molecular weight excluding hydrogens is 407 g/mol. The first-order chi connectivity index (χ1) is 12.0. The summed E-state index contributed by atoms with van der Waals surface area (Å²) in [6, 6.07) is 8.03. The molecule has 0 radical (unpaired) electrons. The number of anilines is 1. The van der Waals surface area contributed by atoms with Crippen molar-refractivity contribution in [2.45, 2.75) is 51.6 Å². The third-order valence-electron chi connectivity index (χ3n) is 4.39. The number of nitrogens with one attached hydrogen (secondary N) is 1. The number of hydrogen-bond acceptors (Lipinski definition) is 5. The lowest BCUT2D eigenvalue weighted by molar-refractivity contribution is 0.314. The topological polar surface area (TPSA) is 73.1 Å². The van der Waals surface area contributed by atoms with Gasteiger partial charge >= 0.3 is 0 Å². The summed E-state index contributed by atoms with van der Waals surface area (Å²) in [4.78, 5) is 9.06. The van der Waals surface area contributed by atoms with Crippen LogP contribution in [0.25, 0.3) is 0 Å². The van der Waals surface area contributed by atoms with Crippen LogP contribution in [-0.4, -0.2) is 22.6 Å². The Hall–Kier alpha value is -1.27. The van der Waals surface area contributed by atoms with Crippen molar-refractivity contribution < 1.29 is 4.74 Å². The van der Waals surface area contributed by atoms with E-state index in [9.17, 15) is 0 Å². The van der Waals surface area contributed by atoms with E-state index >= 15 is 0 Å². The van der Waals surface area contributed by atoms with Crippen LogP contribution in [0.4, 0.5) is 5.82 Å². The van der Waals surface area contributed by atoms with Crippen molar-refractivity contribution >= 4 is 42.2 Å². The molecule has 150 valence electrons. The predicted molar refractivity (Wildman–Crippen MR) is 116 cm³/mol. The highest BCUT2D eigenvalue weighted by Crippen LogP contribution is 2.35. The molecule has 8 heteroatoms. The van der Waals surface area contributed by atoms with Crippen LogP contribution in [0.15, 0.2) is 24.3 Å². The average molecular weight is 434 g/mol. The number of halogens is 3. The lowest BCUT2D eigenvalue weighted by Gasteiger charge is -2.32. The third kappa shape index (κ3) is 6.39. The fourth-order valence-corrected chi connectivity index (χ4v) is 3.21. The molecular formula is C19H27Cl3N4O. The van der Waals surface area contributed by atoms with Crippen LogP contribution in [0, 0.1) is 6.92 Å². The molecule has 5 nitrogen and oxygen atoms in total. The van der Waals surface area contributed by atoms with Crippen LogP contribution in [0.3, 0.4) is 0 Å². The van der Waals surface area contributed by atoms with Crippen molar-refractivity contribution in [3.05, 3.63) is 46.4 Å². The fourth-order valence-electron chi connectivity index (χ4n) is 3.02. The molecule has 0 saturated heterocycles. The molecule has 3 N–H and O–H groups in total. The first kappa shape index (κ1) is 23.8. The second-order valence-electron chi connectivity index (χ2n) is 6.61. The predicted octanol–water partition coefficient (Wildman–Crippen LogP) is 4.89. The minimum atomic E-state index is 0. The van der Waals surface area contributed by atoms with Gasteiger partial charge in [-0.15, -0.1) is 24.8 Å². The molecule has 0 aliphatic heterocycles. The maximum Gasteiger partial charge on any atom is 0.130 e. The SMILES string of the molecule is CCCOc1ccc(Cl)cc1CNc1cc(C2CC(N)C2)nc(C)n1.Cl.Cl. The maximum absolute atomic E-state index is 6.14. The van der Waals surface area contributed by atoms with E-state index < -0.39 is 0 Å². The van der Waals surface area contributed by atoms with Crippen LogP contribution in [-0.2, 0) is 6.54 Å². The van der Waals surface area contributed by atoms with E-state index in [1.54, 1.807) is 0 Å². The van der Waals surface area contributed by atoms with Gasteiger partial charge in [-0.25, -0.2) is 9.97 Å². The van der Waals surface area contributed by atoms with E-state index in [4.69, 9.17) is 22.1 Å². The van der Waals surface area contributed by atoms with Gasteiger partial charge in [-0.05, 0) is 44.4 Å². The van der Waals surface area contributed by atoms with Crippen LogP contribution in [0.1, 0.15) is 49.2 Å². The van der Waals surface area contributed by atoms with Crippen LogP contribution in [0.2, 0.25) is 5.02 Å². The molecule has 1 aromatic heterocycles. The Morgan fingerprint density at radius 2 is 1.96 bits per heavy atom. The van der Waals surface area contributed by atoms with Crippen LogP contribution in [0.5, 0.6) is 5.75 Å². The molecule has 1 heterocycles. The van der Waals surface area contributed by atoms with Crippen molar-refractivity contribution in [2.24, 2.45) is 5.73 Å². The minimum Gasteiger partial charge on any atom is -0.493 e. The van der Waals surface area contributed by atoms with Crippen LogP contribution >= 0.6 is 36.4 Å². The highest BCUT2D eigenvalue weighted by Gasteiger charge is 2.28. The Kier molecular flexibility index (Phi) is 9.60. The summed E-state index contributed by atoms with van der Waals surface area (Å²) in [5.41, 5.74) is 7.99. The molecule has 0 bridgehead atoms. The highest BCUT2D eigenvalue weighted by atomic mass is 35.5. The Bertz CT molecular complexity index is 739. The first-order valence-corrected chi connectivity index (χ1v) is 9.19. The van der Waals surface area contributed by atoms with Gasteiger partial charge in [0, 0.05) is 40.9 Å². The van der Waals surface area contributed by atoms with E-state index in [2.05, 4.69) is 22.2 Å². The number of aryl methyl sites for hydroxylation is 1. The largest absolute Gasteiger partial charge is 0.493 e. The fraction of sp³-hybridized carbons (Fsp3) is 0.474. The van der Waals surface area contributed by atoms with E-state index in [0.717, 1.165) is 47.9 Å². The molecule has 1 aliphatic carbocycles. The Labute approximate surface area is 178 Å². The quantitative estimate of drug-likeness (QED) is 0.650. The molecule has 0 spiro atoms. The molecule has 0 unspecified atom stereocenters. The van der Waals surface area contributed by atoms with Gasteiger partial charge in [0.1, 0.15) is 17.4 Å². The Balaban J connectivity index is 0.00000182. The molecule has 1 aromatic carbocycles. The highest BCUT2D eigenvalue weighted by molar-refractivity contribution is 6.30. The van der Waals surface area contributed by atoms with E-state index in [1.807, 2.05) is 31.2 Å². The zero-order valence-corrected chi connectivity index (χ0v) is 18.0. The summed E-state index contributed by atoms with van der Waals surface area (Å²) in [5, 5.41) is 4.08. The number of benzene rings is 1. The summed E-state index contributed by atoms with van der Waals surface area (Å²) < 4.78 is 5.81. The van der Waals surface area contributed by atoms with Gasteiger partial charge < -0.3 is 15.8 Å². The average Bonchev–Trinajstić information content (AvgIpc) is 2.56. The lowest BCUT2D eigenvalue weighted by atomic mass is 9.78. The van der Waals surface area contributed by atoms with Gasteiger partial charge in [0.25, 0.3) is 0 Å². The number of rotatable bonds is 7. The van der Waals surface area contributed by atoms with E-state index in [-0.39, 0.29) is 24.8 Å². The third-order valence-corrected chi connectivity index (χ3v) is 4.63. The molecule has 0 atom stereocenters. The molecule has 1 fully saturated rings. The van der Waals surface area contributed by atoms with Crippen molar-refractivity contribution in [1.29, 1.82) is 0 Å². The van der Waals surface area contributed by atoms with Gasteiger partial charge in [0.15, 0.2) is 0 Å². The van der Waals surface area contributed by atoms with Gasteiger partial charge in [-0.1, -0.05) is 18.5 Å². The zero-order valence-electron chi connectivity index (χ0n) is 15.6. The lowest BCUT2D eigenvalue weighted by Crippen LogP contribution is -2.35. The van der Waals surface area contributed by atoms with Gasteiger partial charge in [0.2, 0.25) is 0 Å². The van der Waals surface area contributed by atoms with Gasteiger partial charge in [-0.3, -0.25) is 0 Å². The Morgan fingerprint density at radius 3 is 2.63 bits per heavy atom. The zero-order chi connectivity index (χ0) is 17.8. The minimum absolute atomic E-state index is 0. The van der Waals surface area contributed by atoms with Crippen molar-refractivity contribution in [3.8, 4) is 5.75 Å². The number of hydrogen-bond donors (Lipinski definition) is 2. The number of ether oxygens (including phenoxy) is 1. The molecule has 0 amide bonds. The number of aromatic nitrogens is 2. The summed E-state index contributed by atoms with van der Waals surface area (Å²) in [7, 11) is 0. The Morgan fingerprint density at radius 1 is 1.22 bits per heavy atom. The molecule has 2 aromatic rings. The number of nitrogens with zero attached hydrogens (tertiary/aromatic N) is 2. The second kappa shape index (κ2) is 10.9. The van der Waals surface area contributed by atoms with Gasteiger partial charge in [-0.2, -0.15) is 0 Å². The molecule has 27 heavy (non-hydrogen) atoms. The standard InChI is InChI=1S/C19H25ClN4O.2ClH/c1-3-6-25-18-5-4-15(20)7-14(18)11-22-19-10-17(23-12(2)24-19)13-8-16(21)9-13;;/h4-5,7,10,13,16H,3,6,8-9,11,21H2,1-2H3,(H,22,23,24);2*1H. The monoisotopic (exact) mass is 432 g/mol. The van der Waals surface area contributed by atoms with E-state index in [1.165, 1.54) is 0 Å². The normalized spacial score (nSPS) is 17.9. The maximum atomic E-state index is 6.14. The molecule has 3 rings (SSSR count). The summed E-state index contributed by atoms with van der Waals surface area (Å²) >= 11 is 6.14. The van der Waals surface area contributed by atoms with E-state index in [0.29, 0.717) is 30.1 Å². The summed E-state index contributed by atoms with van der Waals surface area (Å²) in [6.45, 7) is 5.29. The summed E-state index contributed by atoms with van der Waals surface area (Å²) in [6.07, 6.45) is 2.96. The smallest absolute Gasteiger partial charge is 0.130 e. The summed E-state index contributed by atoms with van der Waals surface area (Å²) in [5.74, 6) is 2.90. The second-order valence-corrected chi connectivity index (χ2v) is 7.04. The first-order valence-electron chi connectivity index (χ1n) is 8.81. The molecule has 1 aliphatic rings. The van der Waals surface area contributed by atoms with Crippen molar-refractivity contribution in [1.82, 2.24) is 9.97 Å². The van der Waals surface area contributed by atoms with Crippen molar-refractivity contribution in [2.75, 3.05) is 11.9 Å². The van der Waals surface area contributed by atoms with Crippen LogP contribution < -0.4 is 15.8 Å². The van der Waals surface area contributed by atoms with Gasteiger partial charge in [0.05, 0.1) is 6.61 Å².